The molecular formula is C20H23NO2. The zero-order valence-electron chi connectivity index (χ0n) is 13.5. The van der Waals surface area contributed by atoms with Crippen LogP contribution in [-0.4, -0.2) is 12.9 Å². The number of hydrogen-bond donors (Lipinski definition) is 1. The van der Waals surface area contributed by atoms with Crippen molar-refractivity contribution in [3.05, 3.63) is 60.2 Å². The van der Waals surface area contributed by atoms with Crippen molar-refractivity contribution in [1.29, 1.82) is 0 Å². The molecule has 0 saturated heterocycles. The lowest BCUT2D eigenvalue weighted by atomic mass is 9.80. The Morgan fingerprint density at radius 3 is 2.43 bits per heavy atom. The van der Waals surface area contributed by atoms with Gasteiger partial charge in [-0.05, 0) is 42.7 Å². The molecule has 0 bridgehead atoms. The van der Waals surface area contributed by atoms with Crippen LogP contribution in [0.25, 0.3) is 0 Å². The van der Waals surface area contributed by atoms with Crippen LogP contribution in [0.4, 0.5) is 5.69 Å². The molecule has 3 nitrogen and oxygen atoms in total. The van der Waals surface area contributed by atoms with Crippen LogP contribution in [0.15, 0.2) is 54.6 Å². The zero-order valence-corrected chi connectivity index (χ0v) is 13.5. The van der Waals surface area contributed by atoms with Crippen LogP contribution in [0, 0.1) is 5.92 Å². The molecule has 1 fully saturated rings. The minimum Gasteiger partial charge on any atom is -0.497 e. The Labute approximate surface area is 137 Å². The van der Waals surface area contributed by atoms with Gasteiger partial charge in [-0.1, -0.05) is 36.8 Å². The third-order valence-electron chi connectivity index (χ3n) is 4.58. The highest BCUT2D eigenvalue weighted by Crippen LogP contribution is 2.35. The molecule has 0 aromatic heterocycles. The molecule has 1 aliphatic carbocycles. The Morgan fingerprint density at radius 2 is 1.78 bits per heavy atom. The summed E-state index contributed by atoms with van der Waals surface area (Å²) in [5.41, 5.74) is 2.18. The van der Waals surface area contributed by atoms with Gasteiger partial charge in [-0.25, -0.2) is 0 Å². The topological polar surface area (TPSA) is 38.3 Å². The average molecular weight is 309 g/mol. The standard InChI is InChI=1S/C20H23NO2/c1-23-17-13-11-15(12-14-17)20(18-9-5-6-10-19(18)22)21-16-7-3-2-4-8-16/h2-4,7-8,11-14,18,20-21H,5-6,9-10H2,1H3/t18-,20+/m1/s1. The fourth-order valence-corrected chi connectivity index (χ4v) is 3.30. The van der Waals surface area contributed by atoms with Gasteiger partial charge in [0.1, 0.15) is 11.5 Å². The lowest BCUT2D eigenvalue weighted by Crippen LogP contribution is -2.30. The molecule has 2 aromatic rings. The fourth-order valence-electron chi connectivity index (χ4n) is 3.30. The van der Waals surface area contributed by atoms with E-state index < -0.39 is 0 Å². The van der Waals surface area contributed by atoms with Gasteiger partial charge in [0, 0.05) is 18.0 Å². The van der Waals surface area contributed by atoms with Gasteiger partial charge in [0.15, 0.2) is 0 Å². The molecule has 3 rings (SSSR count). The van der Waals surface area contributed by atoms with Crippen LogP contribution < -0.4 is 10.1 Å². The number of ketones is 1. The van der Waals surface area contributed by atoms with E-state index in [2.05, 4.69) is 17.4 Å². The van der Waals surface area contributed by atoms with Crippen molar-refractivity contribution in [2.75, 3.05) is 12.4 Å². The van der Waals surface area contributed by atoms with Crippen molar-refractivity contribution < 1.29 is 9.53 Å². The number of anilines is 1. The number of nitrogens with one attached hydrogen (secondary N) is 1. The Balaban J connectivity index is 1.89. The van der Waals surface area contributed by atoms with E-state index in [0.29, 0.717) is 12.2 Å². The van der Waals surface area contributed by atoms with E-state index in [1.807, 2.05) is 42.5 Å². The first-order valence-corrected chi connectivity index (χ1v) is 8.26. The van der Waals surface area contributed by atoms with E-state index in [-0.39, 0.29) is 12.0 Å². The highest BCUT2D eigenvalue weighted by atomic mass is 16.5. The molecule has 1 N–H and O–H groups in total. The molecular weight excluding hydrogens is 286 g/mol. The van der Waals surface area contributed by atoms with Crippen molar-refractivity contribution in [2.45, 2.75) is 31.7 Å². The summed E-state index contributed by atoms with van der Waals surface area (Å²) in [5, 5.41) is 3.57. The van der Waals surface area contributed by atoms with Crippen LogP contribution in [0.2, 0.25) is 0 Å². The van der Waals surface area contributed by atoms with Crippen molar-refractivity contribution in [1.82, 2.24) is 0 Å². The number of carbonyl (C=O) groups is 1. The predicted molar refractivity (Wildman–Crippen MR) is 92.8 cm³/mol. The number of rotatable bonds is 5. The minimum atomic E-state index is 0.0103. The van der Waals surface area contributed by atoms with E-state index >= 15 is 0 Å². The molecule has 0 unspecified atom stereocenters. The molecule has 120 valence electrons. The van der Waals surface area contributed by atoms with Crippen LogP contribution in [-0.2, 0) is 4.79 Å². The zero-order chi connectivity index (χ0) is 16.1. The first-order chi connectivity index (χ1) is 11.3. The van der Waals surface area contributed by atoms with Crippen LogP contribution >= 0.6 is 0 Å². The smallest absolute Gasteiger partial charge is 0.138 e. The second-order valence-corrected chi connectivity index (χ2v) is 6.08. The molecule has 2 atom stereocenters. The van der Waals surface area contributed by atoms with Crippen LogP contribution in [0.3, 0.4) is 0 Å². The molecule has 0 radical (unpaired) electrons. The molecule has 3 heteroatoms. The van der Waals surface area contributed by atoms with Crippen LogP contribution in [0.1, 0.15) is 37.3 Å². The highest BCUT2D eigenvalue weighted by molar-refractivity contribution is 5.83. The molecule has 2 aromatic carbocycles. The number of benzene rings is 2. The predicted octanol–water partition coefficient (Wildman–Crippen LogP) is 4.61. The Kier molecular flexibility index (Phi) is 4.96. The molecule has 0 aliphatic heterocycles. The van der Waals surface area contributed by atoms with Gasteiger partial charge in [-0.3, -0.25) is 4.79 Å². The monoisotopic (exact) mass is 309 g/mol. The van der Waals surface area contributed by atoms with Crippen molar-refractivity contribution in [3.63, 3.8) is 0 Å². The summed E-state index contributed by atoms with van der Waals surface area (Å²) in [7, 11) is 1.67. The summed E-state index contributed by atoms with van der Waals surface area (Å²) < 4.78 is 5.25. The van der Waals surface area contributed by atoms with E-state index in [0.717, 1.165) is 36.3 Å². The highest BCUT2D eigenvalue weighted by Gasteiger charge is 2.31. The summed E-state index contributed by atoms with van der Waals surface area (Å²) in [5.74, 6) is 1.25. The van der Waals surface area contributed by atoms with E-state index in [4.69, 9.17) is 4.74 Å². The number of hydrogen-bond acceptors (Lipinski definition) is 3. The first-order valence-electron chi connectivity index (χ1n) is 8.26. The second kappa shape index (κ2) is 7.32. The number of ether oxygens (including phenoxy) is 1. The number of para-hydroxylation sites is 1. The van der Waals surface area contributed by atoms with Crippen molar-refractivity contribution in [3.8, 4) is 5.75 Å². The maximum Gasteiger partial charge on any atom is 0.138 e. The quantitative estimate of drug-likeness (QED) is 0.876. The molecule has 0 amide bonds. The SMILES string of the molecule is COc1ccc([C@H](Nc2ccccc2)[C@@H]2CCCCC2=O)cc1. The number of Topliss-reactive ketones (excluding diaryl/α,β-unsaturated/α-hetero) is 1. The molecule has 1 saturated carbocycles. The molecule has 23 heavy (non-hydrogen) atoms. The number of carbonyl (C=O) groups excluding carboxylic acids is 1. The van der Waals surface area contributed by atoms with Gasteiger partial charge in [0.25, 0.3) is 0 Å². The normalized spacial score (nSPS) is 19.2. The lowest BCUT2D eigenvalue weighted by molar-refractivity contribution is -0.125. The fraction of sp³-hybridized carbons (Fsp3) is 0.350. The second-order valence-electron chi connectivity index (χ2n) is 6.08. The molecule has 1 aliphatic rings. The minimum absolute atomic E-state index is 0.0103. The Morgan fingerprint density at radius 1 is 1.04 bits per heavy atom. The summed E-state index contributed by atoms with van der Waals surface area (Å²) >= 11 is 0. The van der Waals surface area contributed by atoms with Crippen molar-refractivity contribution >= 4 is 11.5 Å². The van der Waals surface area contributed by atoms with Gasteiger partial charge in [0.2, 0.25) is 0 Å². The maximum absolute atomic E-state index is 12.5. The van der Waals surface area contributed by atoms with Gasteiger partial charge >= 0.3 is 0 Å². The van der Waals surface area contributed by atoms with Gasteiger partial charge in [-0.2, -0.15) is 0 Å². The Hall–Kier alpha value is -2.29. The van der Waals surface area contributed by atoms with Crippen LogP contribution in [0.5, 0.6) is 5.75 Å². The summed E-state index contributed by atoms with van der Waals surface area (Å²) in [6.07, 6.45) is 3.80. The van der Waals surface area contributed by atoms with Gasteiger partial charge in [0.05, 0.1) is 13.2 Å². The third-order valence-corrected chi connectivity index (χ3v) is 4.58. The van der Waals surface area contributed by atoms with E-state index in [1.165, 1.54) is 0 Å². The van der Waals surface area contributed by atoms with E-state index in [9.17, 15) is 4.79 Å². The molecule has 0 spiro atoms. The summed E-state index contributed by atoms with van der Waals surface area (Å²) in [4.78, 5) is 12.5. The van der Waals surface area contributed by atoms with E-state index in [1.54, 1.807) is 7.11 Å². The number of methoxy groups -OCH3 is 1. The van der Waals surface area contributed by atoms with Crippen molar-refractivity contribution in [2.24, 2.45) is 5.92 Å². The summed E-state index contributed by atoms with van der Waals surface area (Å²) in [6, 6.07) is 18.2. The summed E-state index contributed by atoms with van der Waals surface area (Å²) in [6.45, 7) is 0. The largest absolute Gasteiger partial charge is 0.497 e. The van der Waals surface area contributed by atoms with Gasteiger partial charge < -0.3 is 10.1 Å². The Bertz CT molecular complexity index is 636. The average Bonchev–Trinajstić information content (AvgIpc) is 2.61. The molecule has 0 heterocycles. The first kappa shape index (κ1) is 15.6. The lowest BCUT2D eigenvalue weighted by Gasteiger charge is -2.31. The maximum atomic E-state index is 12.5. The third kappa shape index (κ3) is 3.73. The van der Waals surface area contributed by atoms with Gasteiger partial charge in [-0.15, -0.1) is 0 Å².